The molecule has 3 saturated carbocycles. The Bertz CT molecular complexity index is 1650. The second-order valence-corrected chi connectivity index (χ2v) is 13.6. The molecule has 0 atom stereocenters. The Kier molecular flexibility index (Phi) is 6.16. The van der Waals surface area contributed by atoms with Crippen LogP contribution in [0.3, 0.4) is 0 Å². The number of piperazine rings is 1. The first kappa shape index (κ1) is 25.8. The predicted molar refractivity (Wildman–Crippen MR) is 165 cm³/mol. The van der Waals surface area contributed by atoms with Crippen LogP contribution in [0.1, 0.15) is 66.7 Å². The monoisotopic (exact) mass is 596 g/mol. The summed E-state index contributed by atoms with van der Waals surface area (Å²) in [6.45, 7) is 6.67. The van der Waals surface area contributed by atoms with Gasteiger partial charge in [-0.15, -0.1) is 11.3 Å². The third-order valence-corrected chi connectivity index (χ3v) is 10.5. The first-order valence-corrected chi connectivity index (χ1v) is 16.6. The van der Waals surface area contributed by atoms with Gasteiger partial charge in [-0.05, 0) is 44.6 Å². The molecule has 0 aromatic carbocycles. The molecule has 43 heavy (non-hydrogen) atoms. The molecule has 0 unspecified atom stereocenters. The van der Waals surface area contributed by atoms with Gasteiger partial charge in [0.1, 0.15) is 11.5 Å². The van der Waals surface area contributed by atoms with E-state index in [1.807, 2.05) is 36.4 Å². The zero-order valence-corrected chi connectivity index (χ0v) is 25.0. The third kappa shape index (κ3) is 5.04. The number of nitrogens with one attached hydrogen (secondary N) is 1. The lowest BCUT2D eigenvalue weighted by atomic mass is 10.0. The summed E-state index contributed by atoms with van der Waals surface area (Å²) in [6, 6.07) is 3.84. The van der Waals surface area contributed by atoms with Crippen LogP contribution >= 0.6 is 11.3 Å². The van der Waals surface area contributed by atoms with Gasteiger partial charge in [-0.25, -0.2) is 19.9 Å². The average Bonchev–Trinajstić information content (AvgIpc) is 3.98. The summed E-state index contributed by atoms with van der Waals surface area (Å²) in [7, 11) is 0. The SMILES string of the molecule is O=C(Nc1csc(-c2nccn2C2CC2)n1)c1cc(-n2cnc(C3CC3)c2)c(N2CC(N3CCN(C4CC4)CC3)C2)cn1. The number of hydrogen-bond acceptors (Lipinski definition) is 9. The summed E-state index contributed by atoms with van der Waals surface area (Å²) in [5.74, 6) is 1.68. The number of anilines is 2. The van der Waals surface area contributed by atoms with E-state index in [0.29, 0.717) is 29.5 Å². The number of aromatic nitrogens is 6. The van der Waals surface area contributed by atoms with E-state index in [0.717, 1.165) is 60.1 Å². The maximum Gasteiger partial charge on any atom is 0.275 e. The fourth-order valence-corrected chi connectivity index (χ4v) is 7.35. The van der Waals surface area contributed by atoms with E-state index in [2.05, 4.69) is 50.3 Å². The van der Waals surface area contributed by atoms with Gasteiger partial charge in [0, 0.05) is 87.3 Å². The first-order valence-electron chi connectivity index (χ1n) is 15.7. The van der Waals surface area contributed by atoms with E-state index in [1.54, 1.807) is 0 Å². The molecule has 12 heteroatoms. The highest BCUT2D eigenvalue weighted by Gasteiger charge is 2.38. The van der Waals surface area contributed by atoms with Gasteiger partial charge in [0.2, 0.25) is 0 Å². The smallest absolute Gasteiger partial charge is 0.275 e. The molecule has 4 aromatic rings. The van der Waals surface area contributed by atoms with Crippen LogP contribution in [-0.2, 0) is 0 Å². The summed E-state index contributed by atoms with van der Waals surface area (Å²) < 4.78 is 4.26. The predicted octanol–water partition coefficient (Wildman–Crippen LogP) is 4.02. The molecule has 11 nitrogen and oxygen atoms in total. The Labute approximate surface area is 254 Å². The highest BCUT2D eigenvalue weighted by atomic mass is 32.1. The summed E-state index contributed by atoms with van der Waals surface area (Å²) in [5, 5.41) is 5.65. The van der Waals surface area contributed by atoms with Crippen LogP contribution < -0.4 is 10.2 Å². The zero-order chi connectivity index (χ0) is 28.5. The molecule has 0 spiro atoms. The number of carbonyl (C=O) groups excluding carboxylic acids is 1. The van der Waals surface area contributed by atoms with Gasteiger partial charge < -0.3 is 19.4 Å². The summed E-state index contributed by atoms with van der Waals surface area (Å²) in [6.07, 6.45) is 17.2. The molecular formula is C31H36N10OS. The lowest BCUT2D eigenvalue weighted by molar-refractivity contribution is 0.0793. The fraction of sp³-hybridized carbons (Fsp3) is 0.516. The number of pyridine rings is 1. The van der Waals surface area contributed by atoms with Gasteiger partial charge in [-0.1, -0.05) is 0 Å². The van der Waals surface area contributed by atoms with Crippen molar-refractivity contribution in [1.82, 2.24) is 38.9 Å². The van der Waals surface area contributed by atoms with Gasteiger partial charge in [0.05, 0.1) is 29.6 Å². The third-order valence-electron chi connectivity index (χ3n) is 9.65. The van der Waals surface area contributed by atoms with Crippen molar-refractivity contribution in [2.45, 2.75) is 62.6 Å². The lowest BCUT2D eigenvalue weighted by Crippen LogP contribution is -2.63. The number of amides is 1. The van der Waals surface area contributed by atoms with Gasteiger partial charge >= 0.3 is 0 Å². The molecular weight excluding hydrogens is 560 g/mol. The standard InChI is InChI=1S/C31H36N10OS/c42-30(35-28-18-43-31(36-28)29-32-7-8-41(29)22-5-6-22)24-13-26(40-17-25(34-19-40)20-1-2-20)27(14-33-24)39-15-23(16-39)38-11-9-37(10-12-38)21-3-4-21/h7-8,13-14,17-23H,1-6,9-12,15-16H2,(H,35,42). The highest BCUT2D eigenvalue weighted by molar-refractivity contribution is 7.13. The van der Waals surface area contributed by atoms with Crippen molar-refractivity contribution in [3.05, 3.63) is 53.9 Å². The minimum atomic E-state index is -0.271. The van der Waals surface area contributed by atoms with Gasteiger partial charge in [0.15, 0.2) is 10.8 Å². The molecule has 5 fully saturated rings. The normalized spacial score (nSPS) is 21.7. The van der Waals surface area contributed by atoms with Crippen molar-refractivity contribution in [2.75, 3.05) is 49.5 Å². The van der Waals surface area contributed by atoms with Crippen molar-refractivity contribution >= 4 is 28.7 Å². The van der Waals surface area contributed by atoms with Crippen LogP contribution in [0.2, 0.25) is 0 Å². The maximum absolute atomic E-state index is 13.4. The van der Waals surface area contributed by atoms with Crippen LogP contribution in [0.25, 0.3) is 16.5 Å². The number of imidazole rings is 2. The molecule has 2 aliphatic heterocycles. The number of thiazole rings is 1. The van der Waals surface area contributed by atoms with Crippen LogP contribution in [0.5, 0.6) is 0 Å². The van der Waals surface area contributed by atoms with E-state index in [4.69, 9.17) is 4.98 Å². The maximum atomic E-state index is 13.4. The Morgan fingerprint density at radius 3 is 2.40 bits per heavy atom. The number of rotatable bonds is 9. The molecule has 1 amide bonds. The number of carbonyl (C=O) groups is 1. The van der Waals surface area contributed by atoms with Gasteiger partial charge in [-0.3, -0.25) is 14.6 Å². The molecule has 0 radical (unpaired) electrons. The highest BCUT2D eigenvalue weighted by Crippen LogP contribution is 2.40. The van der Waals surface area contributed by atoms with Crippen molar-refractivity contribution < 1.29 is 4.79 Å². The average molecular weight is 597 g/mol. The topological polar surface area (TPSA) is 100 Å². The summed E-state index contributed by atoms with van der Waals surface area (Å²) in [5.41, 5.74) is 3.49. The Balaban J connectivity index is 0.929. The van der Waals surface area contributed by atoms with Crippen molar-refractivity contribution in [3.8, 4) is 16.5 Å². The molecule has 0 bridgehead atoms. The van der Waals surface area contributed by atoms with Crippen molar-refractivity contribution in [1.29, 1.82) is 0 Å². The van der Waals surface area contributed by atoms with E-state index in [9.17, 15) is 4.79 Å². The molecule has 9 rings (SSSR count). The second-order valence-electron chi connectivity index (χ2n) is 12.8. The largest absolute Gasteiger partial charge is 0.365 e. The molecule has 1 N–H and O–H groups in total. The Morgan fingerprint density at radius 2 is 1.65 bits per heavy atom. The van der Waals surface area contributed by atoms with Gasteiger partial charge in [-0.2, -0.15) is 0 Å². The molecule has 2 saturated heterocycles. The second kappa shape index (κ2) is 10.2. The van der Waals surface area contributed by atoms with Crippen LogP contribution in [0.4, 0.5) is 11.5 Å². The number of hydrogen-bond donors (Lipinski definition) is 1. The van der Waals surface area contributed by atoms with E-state index < -0.39 is 0 Å². The molecule has 4 aromatic heterocycles. The summed E-state index contributed by atoms with van der Waals surface area (Å²) >= 11 is 1.49. The lowest BCUT2D eigenvalue weighted by Gasteiger charge is -2.49. The van der Waals surface area contributed by atoms with Crippen LogP contribution in [0.15, 0.2) is 42.6 Å². The van der Waals surface area contributed by atoms with Crippen LogP contribution in [0, 0.1) is 0 Å². The molecule has 222 valence electrons. The molecule has 3 aliphatic carbocycles. The van der Waals surface area contributed by atoms with E-state index in [1.165, 1.54) is 63.0 Å². The fourth-order valence-electron chi connectivity index (χ4n) is 6.60. The zero-order valence-electron chi connectivity index (χ0n) is 24.2. The van der Waals surface area contributed by atoms with Crippen LogP contribution in [-0.4, -0.2) is 96.1 Å². The van der Waals surface area contributed by atoms with E-state index >= 15 is 0 Å². The van der Waals surface area contributed by atoms with E-state index in [-0.39, 0.29) is 5.91 Å². The minimum Gasteiger partial charge on any atom is -0.365 e. The molecule has 6 heterocycles. The minimum absolute atomic E-state index is 0.271. The molecule has 5 aliphatic rings. The summed E-state index contributed by atoms with van der Waals surface area (Å²) in [4.78, 5) is 39.7. The quantitative estimate of drug-likeness (QED) is 0.309. The Hall–Kier alpha value is -3.61. The number of nitrogens with zero attached hydrogens (tertiary/aromatic N) is 9. The Morgan fingerprint density at radius 1 is 0.884 bits per heavy atom. The van der Waals surface area contributed by atoms with Gasteiger partial charge in [0.25, 0.3) is 5.91 Å². The van der Waals surface area contributed by atoms with Crippen molar-refractivity contribution in [3.63, 3.8) is 0 Å². The van der Waals surface area contributed by atoms with Crippen molar-refractivity contribution in [2.24, 2.45) is 0 Å². The first-order chi connectivity index (χ1) is 21.2.